The molecule has 1 amide bonds. The van der Waals surface area contributed by atoms with Crippen LogP contribution in [0.3, 0.4) is 0 Å². The first kappa shape index (κ1) is 15.2. The molecule has 0 aromatic carbocycles. The number of nitrogens with zero attached hydrogens (tertiary/aromatic N) is 3. The van der Waals surface area contributed by atoms with Gasteiger partial charge in [-0.05, 0) is 12.3 Å². The Balaban J connectivity index is 1.80. The zero-order chi connectivity index (χ0) is 15.2. The molecule has 0 saturated carbocycles. The third-order valence-electron chi connectivity index (χ3n) is 2.85. The van der Waals surface area contributed by atoms with Crippen molar-refractivity contribution in [2.45, 2.75) is 40.0 Å². The molecule has 2 aromatic rings. The van der Waals surface area contributed by atoms with Crippen LogP contribution >= 0.6 is 0 Å². The summed E-state index contributed by atoms with van der Waals surface area (Å²) in [5, 5.41) is 10.4. The van der Waals surface area contributed by atoms with Crippen molar-refractivity contribution < 1.29 is 13.8 Å². The molecule has 0 aliphatic rings. The summed E-state index contributed by atoms with van der Waals surface area (Å²) in [6.45, 7) is 6.53. The van der Waals surface area contributed by atoms with Crippen LogP contribution in [0.15, 0.2) is 15.1 Å². The average Bonchev–Trinajstić information content (AvgIpc) is 3.07. The van der Waals surface area contributed by atoms with Gasteiger partial charge < -0.3 is 14.4 Å². The second-order valence-electron chi connectivity index (χ2n) is 5.24. The molecule has 0 atom stereocenters. The van der Waals surface area contributed by atoms with Crippen molar-refractivity contribution >= 4 is 5.91 Å². The van der Waals surface area contributed by atoms with Crippen molar-refractivity contribution in [2.75, 3.05) is 6.54 Å². The zero-order valence-electron chi connectivity index (χ0n) is 12.5. The normalized spacial score (nSPS) is 11.0. The summed E-state index contributed by atoms with van der Waals surface area (Å²) in [4.78, 5) is 16.1. The van der Waals surface area contributed by atoms with E-state index in [1.165, 1.54) is 0 Å². The van der Waals surface area contributed by atoms with Gasteiger partial charge in [-0.2, -0.15) is 4.98 Å². The van der Waals surface area contributed by atoms with Gasteiger partial charge in [0, 0.05) is 25.5 Å². The van der Waals surface area contributed by atoms with Gasteiger partial charge in [0.25, 0.3) is 5.91 Å². The van der Waals surface area contributed by atoms with E-state index in [1.54, 1.807) is 6.07 Å². The van der Waals surface area contributed by atoms with Gasteiger partial charge in [-0.15, -0.1) is 0 Å². The molecule has 2 rings (SSSR count). The molecule has 2 aromatic heterocycles. The quantitative estimate of drug-likeness (QED) is 0.836. The highest BCUT2D eigenvalue weighted by Gasteiger charge is 2.14. The molecule has 0 fully saturated rings. The molecule has 2 heterocycles. The SMILES string of the molecule is CCc1noc(CCNC(=O)c2cc(CC(C)C)no2)n1. The fourth-order valence-corrected chi connectivity index (χ4v) is 1.84. The molecule has 114 valence electrons. The molecule has 7 heteroatoms. The second-order valence-corrected chi connectivity index (χ2v) is 5.24. The lowest BCUT2D eigenvalue weighted by atomic mass is 10.1. The molecule has 0 radical (unpaired) electrons. The highest BCUT2D eigenvalue weighted by Crippen LogP contribution is 2.09. The van der Waals surface area contributed by atoms with Gasteiger partial charge in [0.15, 0.2) is 5.82 Å². The molecule has 7 nitrogen and oxygen atoms in total. The van der Waals surface area contributed by atoms with Gasteiger partial charge in [-0.1, -0.05) is 31.1 Å². The summed E-state index contributed by atoms with van der Waals surface area (Å²) in [7, 11) is 0. The van der Waals surface area contributed by atoms with Gasteiger partial charge in [-0.3, -0.25) is 4.79 Å². The van der Waals surface area contributed by atoms with Crippen LogP contribution in [-0.2, 0) is 19.3 Å². The van der Waals surface area contributed by atoms with Crippen molar-refractivity contribution in [3.05, 3.63) is 29.2 Å². The summed E-state index contributed by atoms with van der Waals surface area (Å²) in [5.41, 5.74) is 0.791. The van der Waals surface area contributed by atoms with Crippen LogP contribution in [-0.4, -0.2) is 27.7 Å². The number of amides is 1. The third-order valence-corrected chi connectivity index (χ3v) is 2.85. The van der Waals surface area contributed by atoms with Crippen molar-refractivity contribution in [1.82, 2.24) is 20.6 Å². The van der Waals surface area contributed by atoms with Crippen molar-refractivity contribution in [2.24, 2.45) is 5.92 Å². The Kier molecular flexibility index (Phi) is 5.08. The van der Waals surface area contributed by atoms with Gasteiger partial charge in [0.1, 0.15) is 0 Å². The minimum atomic E-state index is -0.285. The maximum absolute atomic E-state index is 11.9. The highest BCUT2D eigenvalue weighted by atomic mass is 16.5. The summed E-state index contributed by atoms with van der Waals surface area (Å²) in [6.07, 6.45) is 2.01. The van der Waals surface area contributed by atoms with Crippen LogP contribution in [0.4, 0.5) is 0 Å². The van der Waals surface area contributed by atoms with E-state index in [-0.39, 0.29) is 11.7 Å². The minimum Gasteiger partial charge on any atom is -0.351 e. The van der Waals surface area contributed by atoms with Crippen molar-refractivity contribution in [3.63, 3.8) is 0 Å². The average molecular weight is 292 g/mol. The maximum atomic E-state index is 11.9. The van der Waals surface area contributed by atoms with E-state index in [0.717, 1.165) is 18.5 Å². The zero-order valence-corrected chi connectivity index (χ0v) is 12.5. The largest absolute Gasteiger partial charge is 0.351 e. The van der Waals surface area contributed by atoms with Crippen molar-refractivity contribution in [1.29, 1.82) is 0 Å². The van der Waals surface area contributed by atoms with Crippen LogP contribution < -0.4 is 5.32 Å². The van der Waals surface area contributed by atoms with Gasteiger partial charge in [0.2, 0.25) is 11.7 Å². The summed E-state index contributed by atoms with van der Waals surface area (Å²) in [5.74, 6) is 1.60. The molecule has 1 N–H and O–H groups in total. The van der Waals surface area contributed by atoms with Gasteiger partial charge in [-0.25, -0.2) is 0 Å². The van der Waals surface area contributed by atoms with Crippen molar-refractivity contribution in [3.8, 4) is 0 Å². The lowest BCUT2D eigenvalue weighted by molar-refractivity contribution is 0.0916. The van der Waals surface area contributed by atoms with E-state index in [0.29, 0.717) is 30.6 Å². The molecular formula is C14H20N4O3. The Morgan fingerprint density at radius 3 is 2.81 bits per heavy atom. The predicted molar refractivity (Wildman–Crippen MR) is 74.8 cm³/mol. The molecule has 0 saturated heterocycles. The molecule has 0 spiro atoms. The first-order valence-electron chi connectivity index (χ1n) is 7.13. The number of hydrogen-bond donors (Lipinski definition) is 1. The smallest absolute Gasteiger partial charge is 0.289 e. The standard InChI is InChI=1S/C14H20N4O3/c1-4-12-16-13(21-18-12)5-6-15-14(19)11-8-10(17-20-11)7-9(2)3/h8-9H,4-7H2,1-3H3,(H,15,19). The Bertz CT molecular complexity index is 589. The molecule has 0 aliphatic heterocycles. The Hall–Kier alpha value is -2.18. The van der Waals surface area contributed by atoms with Crippen LogP contribution in [0.1, 0.15) is 48.7 Å². The number of hydrogen-bond acceptors (Lipinski definition) is 6. The van der Waals surface area contributed by atoms with Crippen LogP contribution in [0.25, 0.3) is 0 Å². The van der Waals surface area contributed by atoms with Crippen LogP contribution in [0.2, 0.25) is 0 Å². The summed E-state index contributed by atoms with van der Waals surface area (Å²) in [6, 6.07) is 1.68. The minimum absolute atomic E-state index is 0.227. The lowest BCUT2D eigenvalue weighted by Crippen LogP contribution is -2.25. The van der Waals surface area contributed by atoms with Gasteiger partial charge >= 0.3 is 0 Å². The number of nitrogens with one attached hydrogen (secondary N) is 1. The highest BCUT2D eigenvalue weighted by molar-refractivity contribution is 5.91. The number of aryl methyl sites for hydroxylation is 1. The second kappa shape index (κ2) is 7.01. The Morgan fingerprint density at radius 1 is 1.33 bits per heavy atom. The van der Waals surface area contributed by atoms with E-state index < -0.39 is 0 Å². The van der Waals surface area contributed by atoms with E-state index in [4.69, 9.17) is 9.05 Å². The molecule has 21 heavy (non-hydrogen) atoms. The molecule has 0 aliphatic carbocycles. The lowest BCUT2D eigenvalue weighted by Gasteiger charge is -1.99. The Labute approximate surface area is 123 Å². The third kappa shape index (κ3) is 4.40. The number of carbonyl (C=O) groups is 1. The van der Waals surface area contributed by atoms with E-state index in [2.05, 4.69) is 34.5 Å². The fraction of sp³-hybridized carbons (Fsp3) is 0.571. The van der Waals surface area contributed by atoms with Crippen LogP contribution in [0, 0.1) is 5.92 Å². The van der Waals surface area contributed by atoms with Crippen LogP contribution in [0.5, 0.6) is 0 Å². The summed E-state index contributed by atoms with van der Waals surface area (Å²) >= 11 is 0. The van der Waals surface area contributed by atoms with E-state index in [1.807, 2.05) is 6.92 Å². The Morgan fingerprint density at radius 2 is 2.14 bits per heavy atom. The number of aromatic nitrogens is 3. The molecule has 0 unspecified atom stereocenters. The number of rotatable bonds is 7. The maximum Gasteiger partial charge on any atom is 0.289 e. The number of carbonyl (C=O) groups excluding carboxylic acids is 1. The fourth-order valence-electron chi connectivity index (χ4n) is 1.84. The van der Waals surface area contributed by atoms with E-state index in [9.17, 15) is 4.79 Å². The summed E-state index contributed by atoms with van der Waals surface area (Å²) < 4.78 is 10.1. The van der Waals surface area contributed by atoms with E-state index >= 15 is 0 Å². The van der Waals surface area contributed by atoms with Gasteiger partial charge in [0.05, 0.1) is 5.69 Å². The topological polar surface area (TPSA) is 94.1 Å². The first-order valence-corrected chi connectivity index (χ1v) is 7.13. The molecular weight excluding hydrogens is 272 g/mol. The first-order chi connectivity index (χ1) is 10.1. The predicted octanol–water partition coefficient (Wildman–Crippen LogP) is 1.79. The molecule has 0 bridgehead atoms. The monoisotopic (exact) mass is 292 g/mol.